The largest absolute Gasteiger partial charge is 0.377 e. The van der Waals surface area contributed by atoms with Crippen molar-refractivity contribution in [2.24, 2.45) is 17.3 Å². The van der Waals surface area contributed by atoms with Crippen LogP contribution in [0.1, 0.15) is 60.5 Å². The summed E-state index contributed by atoms with van der Waals surface area (Å²) in [5, 5.41) is 2.99. The van der Waals surface area contributed by atoms with E-state index in [1.807, 2.05) is 76.7 Å². The topological polar surface area (TPSA) is 52.7 Å². The Balaban J connectivity index is 3.20. The number of rotatable bonds is 8. The second-order valence-corrected chi connectivity index (χ2v) is 9.71. The van der Waals surface area contributed by atoms with E-state index in [1.165, 1.54) is 0 Å². The minimum absolute atomic E-state index is 0.0170. The number of nitrogens with one attached hydrogen (secondary N) is 1. The first-order chi connectivity index (χ1) is 12.8. The van der Waals surface area contributed by atoms with E-state index < -0.39 is 5.41 Å². The Kier molecular flexibility index (Phi) is 8.52. The molecule has 0 spiro atoms. The molecule has 1 rings (SSSR count). The molecule has 0 atom stereocenters. The van der Waals surface area contributed by atoms with Crippen LogP contribution in [0.2, 0.25) is 0 Å². The number of carbonyl (C=O) groups excluding carboxylic acids is 2. The fraction of sp³-hybridized carbons (Fsp3) is 0.652. The molecule has 0 saturated heterocycles. The molecule has 158 valence electrons. The maximum Gasteiger partial charge on any atom is 0.228 e. The van der Waals surface area contributed by atoms with Crippen molar-refractivity contribution in [3.05, 3.63) is 23.8 Å². The lowest BCUT2D eigenvalue weighted by Crippen LogP contribution is -2.41. The molecule has 0 unspecified atom stereocenters. The van der Waals surface area contributed by atoms with Gasteiger partial charge in [0.25, 0.3) is 0 Å². The molecule has 5 heteroatoms. The third kappa shape index (κ3) is 7.53. The molecule has 1 N–H and O–H groups in total. The van der Waals surface area contributed by atoms with Crippen LogP contribution in [0.25, 0.3) is 0 Å². The zero-order valence-corrected chi connectivity index (χ0v) is 19.2. The normalized spacial score (nSPS) is 11.7. The van der Waals surface area contributed by atoms with Crippen molar-refractivity contribution in [2.75, 3.05) is 30.9 Å². The van der Waals surface area contributed by atoms with Crippen molar-refractivity contribution in [1.82, 2.24) is 4.90 Å². The molecule has 2 amide bonds. The van der Waals surface area contributed by atoms with Gasteiger partial charge in [-0.05, 0) is 35.6 Å². The molecule has 0 aliphatic heterocycles. The average molecular weight is 390 g/mol. The zero-order chi connectivity index (χ0) is 21.6. The first kappa shape index (κ1) is 24.0. The molecule has 0 radical (unpaired) electrons. The summed E-state index contributed by atoms with van der Waals surface area (Å²) in [7, 11) is 3.99. The lowest BCUT2D eigenvalue weighted by atomic mass is 9.93. The lowest BCUT2D eigenvalue weighted by molar-refractivity contribution is -0.140. The summed E-state index contributed by atoms with van der Waals surface area (Å²) in [6, 6.07) is 5.93. The lowest BCUT2D eigenvalue weighted by Gasteiger charge is -2.32. The summed E-state index contributed by atoms with van der Waals surface area (Å²) in [6.07, 6.45) is 0.493. The number of benzene rings is 1. The van der Waals surface area contributed by atoms with E-state index in [-0.39, 0.29) is 11.8 Å². The van der Waals surface area contributed by atoms with E-state index in [0.717, 1.165) is 16.9 Å². The molecule has 0 aromatic heterocycles. The predicted octanol–water partition coefficient (Wildman–Crippen LogP) is 4.77. The highest BCUT2D eigenvalue weighted by molar-refractivity contribution is 5.91. The van der Waals surface area contributed by atoms with E-state index in [0.29, 0.717) is 31.3 Å². The van der Waals surface area contributed by atoms with Gasteiger partial charge in [0.1, 0.15) is 0 Å². The maximum atomic E-state index is 13.0. The van der Waals surface area contributed by atoms with E-state index in [1.54, 1.807) is 0 Å². The first-order valence-electron chi connectivity index (χ1n) is 10.2. The van der Waals surface area contributed by atoms with E-state index in [9.17, 15) is 9.59 Å². The van der Waals surface area contributed by atoms with Gasteiger partial charge in [0.2, 0.25) is 11.8 Å². The van der Waals surface area contributed by atoms with Crippen LogP contribution in [-0.2, 0) is 16.1 Å². The van der Waals surface area contributed by atoms with Crippen molar-refractivity contribution in [3.8, 4) is 0 Å². The Bertz CT molecular complexity index is 673. The van der Waals surface area contributed by atoms with Gasteiger partial charge in [0, 0.05) is 50.4 Å². The number of hydrogen-bond donors (Lipinski definition) is 1. The molecule has 0 heterocycles. The standard InChI is InChI=1S/C23H39N3O2/c1-16(2)12-21(27)24-19-10-11-20(25(8)9)18(13-19)15-26(14-17(3)4)22(28)23(5,6)7/h10-11,13,16-17H,12,14-15H2,1-9H3,(H,24,27). The highest BCUT2D eigenvalue weighted by Crippen LogP contribution is 2.27. The zero-order valence-electron chi connectivity index (χ0n) is 19.2. The summed E-state index contributed by atoms with van der Waals surface area (Å²) in [6.45, 7) is 15.4. The summed E-state index contributed by atoms with van der Waals surface area (Å²) in [5.74, 6) is 0.845. The SMILES string of the molecule is CC(C)CC(=O)Nc1ccc(N(C)C)c(CN(CC(C)C)C(=O)C(C)(C)C)c1. The minimum atomic E-state index is -0.434. The van der Waals surface area contributed by atoms with Gasteiger partial charge >= 0.3 is 0 Å². The van der Waals surface area contributed by atoms with E-state index >= 15 is 0 Å². The number of carbonyl (C=O) groups is 2. The van der Waals surface area contributed by atoms with Crippen molar-refractivity contribution in [3.63, 3.8) is 0 Å². The third-order valence-electron chi connectivity index (χ3n) is 4.31. The van der Waals surface area contributed by atoms with Gasteiger partial charge in [0.15, 0.2) is 0 Å². The molecule has 0 fully saturated rings. The number of nitrogens with zero attached hydrogens (tertiary/aromatic N) is 2. The van der Waals surface area contributed by atoms with Gasteiger partial charge in [-0.25, -0.2) is 0 Å². The Morgan fingerprint density at radius 2 is 1.64 bits per heavy atom. The van der Waals surface area contributed by atoms with Gasteiger partial charge in [-0.3, -0.25) is 9.59 Å². The van der Waals surface area contributed by atoms with E-state index in [2.05, 4.69) is 19.2 Å². The molecule has 1 aromatic carbocycles. The van der Waals surface area contributed by atoms with Crippen molar-refractivity contribution >= 4 is 23.2 Å². The van der Waals surface area contributed by atoms with Crippen LogP contribution in [0.4, 0.5) is 11.4 Å². The van der Waals surface area contributed by atoms with Gasteiger partial charge < -0.3 is 15.1 Å². The first-order valence-corrected chi connectivity index (χ1v) is 10.2. The predicted molar refractivity (Wildman–Crippen MR) is 119 cm³/mol. The highest BCUT2D eigenvalue weighted by Gasteiger charge is 2.28. The molecule has 5 nitrogen and oxygen atoms in total. The van der Waals surface area contributed by atoms with Gasteiger partial charge in [-0.2, -0.15) is 0 Å². The molecule has 0 aliphatic rings. The number of anilines is 2. The Labute approximate surface area is 171 Å². The van der Waals surface area contributed by atoms with Crippen LogP contribution in [-0.4, -0.2) is 37.4 Å². The van der Waals surface area contributed by atoms with Gasteiger partial charge in [0.05, 0.1) is 0 Å². The van der Waals surface area contributed by atoms with Crippen molar-refractivity contribution in [2.45, 2.75) is 61.4 Å². The maximum absolute atomic E-state index is 13.0. The second kappa shape index (κ2) is 9.94. The second-order valence-electron chi connectivity index (χ2n) is 9.71. The monoisotopic (exact) mass is 389 g/mol. The fourth-order valence-electron chi connectivity index (χ4n) is 3.15. The van der Waals surface area contributed by atoms with Crippen LogP contribution >= 0.6 is 0 Å². The fourth-order valence-corrected chi connectivity index (χ4v) is 3.15. The average Bonchev–Trinajstić information content (AvgIpc) is 2.51. The quantitative estimate of drug-likeness (QED) is 0.697. The molecule has 28 heavy (non-hydrogen) atoms. The summed E-state index contributed by atoms with van der Waals surface area (Å²) in [4.78, 5) is 29.2. The molecular formula is C23H39N3O2. The summed E-state index contributed by atoms with van der Waals surface area (Å²) in [5.41, 5.74) is 2.43. The van der Waals surface area contributed by atoms with Crippen LogP contribution in [0.3, 0.4) is 0 Å². The summed E-state index contributed by atoms with van der Waals surface area (Å²) >= 11 is 0. The van der Waals surface area contributed by atoms with Gasteiger partial charge in [-0.1, -0.05) is 48.5 Å². The molecule has 1 aromatic rings. The van der Waals surface area contributed by atoms with Crippen LogP contribution < -0.4 is 10.2 Å². The van der Waals surface area contributed by atoms with Crippen LogP contribution in [0.15, 0.2) is 18.2 Å². The van der Waals surface area contributed by atoms with E-state index in [4.69, 9.17) is 0 Å². The highest BCUT2D eigenvalue weighted by atomic mass is 16.2. The third-order valence-corrected chi connectivity index (χ3v) is 4.31. The van der Waals surface area contributed by atoms with Gasteiger partial charge in [-0.15, -0.1) is 0 Å². The molecular weight excluding hydrogens is 350 g/mol. The molecule has 0 saturated carbocycles. The van der Waals surface area contributed by atoms with Crippen molar-refractivity contribution in [1.29, 1.82) is 0 Å². The van der Waals surface area contributed by atoms with Crippen LogP contribution in [0, 0.1) is 17.3 Å². The minimum Gasteiger partial charge on any atom is -0.377 e. The Morgan fingerprint density at radius 3 is 2.11 bits per heavy atom. The smallest absolute Gasteiger partial charge is 0.228 e. The molecule has 0 aliphatic carbocycles. The Hall–Kier alpha value is -2.04. The number of hydrogen-bond acceptors (Lipinski definition) is 3. The number of amides is 2. The molecule has 0 bridgehead atoms. The van der Waals surface area contributed by atoms with Crippen molar-refractivity contribution < 1.29 is 9.59 Å². The van der Waals surface area contributed by atoms with Crippen LogP contribution in [0.5, 0.6) is 0 Å². The summed E-state index contributed by atoms with van der Waals surface area (Å²) < 4.78 is 0. The Morgan fingerprint density at radius 1 is 1.04 bits per heavy atom.